The molecule has 0 aliphatic heterocycles. The molecule has 0 atom stereocenters. The SMILES string of the molecule is COc1cc(/C=C(\C#N)c2nc3cc(C(F)(F)F)ccc3s2)cc(OC)c1. The van der Waals surface area contributed by atoms with Crippen LogP contribution in [-0.2, 0) is 6.18 Å². The second-order valence-corrected chi connectivity index (χ2v) is 6.55. The summed E-state index contributed by atoms with van der Waals surface area (Å²) in [5.74, 6) is 1.11. The summed E-state index contributed by atoms with van der Waals surface area (Å²) >= 11 is 1.16. The number of hydrogen-bond acceptors (Lipinski definition) is 5. The van der Waals surface area contributed by atoms with Crippen LogP contribution in [0.15, 0.2) is 36.4 Å². The Balaban J connectivity index is 2.05. The van der Waals surface area contributed by atoms with Gasteiger partial charge in [-0.25, -0.2) is 4.98 Å². The lowest BCUT2D eigenvalue weighted by Crippen LogP contribution is -2.03. The van der Waals surface area contributed by atoms with Crippen molar-refractivity contribution in [2.45, 2.75) is 6.18 Å². The lowest BCUT2D eigenvalue weighted by atomic mass is 10.1. The summed E-state index contributed by atoms with van der Waals surface area (Å²) < 4.78 is 49.6. The van der Waals surface area contributed by atoms with Gasteiger partial charge in [0.15, 0.2) is 0 Å². The van der Waals surface area contributed by atoms with Gasteiger partial charge in [0.1, 0.15) is 22.6 Å². The number of aromatic nitrogens is 1. The maximum absolute atomic E-state index is 12.9. The van der Waals surface area contributed by atoms with Crippen LogP contribution in [0.2, 0.25) is 0 Å². The molecular formula is C19H13F3N2O2S. The highest BCUT2D eigenvalue weighted by Crippen LogP contribution is 2.35. The fourth-order valence-corrected chi connectivity index (χ4v) is 3.35. The van der Waals surface area contributed by atoms with Crippen LogP contribution in [0.25, 0.3) is 21.9 Å². The number of methoxy groups -OCH3 is 2. The number of benzene rings is 2. The average Bonchev–Trinajstić information content (AvgIpc) is 3.08. The molecule has 27 heavy (non-hydrogen) atoms. The van der Waals surface area contributed by atoms with E-state index in [0.717, 1.165) is 23.5 Å². The van der Waals surface area contributed by atoms with Gasteiger partial charge in [0.05, 0.1) is 35.6 Å². The van der Waals surface area contributed by atoms with E-state index in [4.69, 9.17) is 9.47 Å². The van der Waals surface area contributed by atoms with Crippen LogP contribution in [0.5, 0.6) is 11.5 Å². The van der Waals surface area contributed by atoms with Crippen LogP contribution < -0.4 is 9.47 Å². The summed E-state index contributed by atoms with van der Waals surface area (Å²) in [5.41, 5.74) is 0.319. The molecule has 1 heterocycles. The van der Waals surface area contributed by atoms with Crippen molar-refractivity contribution >= 4 is 33.2 Å². The monoisotopic (exact) mass is 390 g/mol. The van der Waals surface area contributed by atoms with Gasteiger partial charge in [-0.2, -0.15) is 18.4 Å². The Morgan fingerprint density at radius 3 is 2.33 bits per heavy atom. The van der Waals surface area contributed by atoms with E-state index >= 15 is 0 Å². The van der Waals surface area contributed by atoms with Crippen molar-refractivity contribution in [2.24, 2.45) is 0 Å². The number of alkyl halides is 3. The number of rotatable bonds is 4. The molecule has 2 aromatic carbocycles. The van der Waals surface area contributed by atoms with Crippen LogP contribution in [0, 0.1) is 11.3 Å². The summed E-state index contributed by atoms with van der Waals surface area (Å²) in [6, 6.07) is 10.5. The summed E-state index contributed by atoms with van der Waals surface area (Å²) in [5, 5.41) is 9.85. The highest BCUT2D eigenvalue weighted by atomic mass is 32.1. The van der Waals surface area contributed by atoms with Gasteiger partial charge in [-0.15, -0.1) is 11.3 Å². The zero-order valence-electron chi connectivity index (χ0n) is 14.3. The Kier molecular flexibility index (Phi) is 5.06. The third-order valence-corrected chi connectivity index (χ3v) is 4.82. The zero-order chi connectivity index (χ0) is 19.6. The summed E-state index contributed by atoms with van der Waals surface area (Å²) in [7, 11) is 3.03. The first-order chi connectivity index (χ1) is 12.8. The van der Waals surface area contributed by atoms with E-state index < -0.39 is 11.7 Å². The van der Waals surface area contributed by atoms with E-state index in [1.807, 2.05) is 0 Å². The maximum atomic E-state index is 12.9. The Morgan fingerprint density at radius 2 is 1.78 bits per heavy atom. The highest BCUT2D eigenvalue weighted by Gasteiger charge is 2.30. The molecule has 8 heteroatoms. The van der Waals surface area contributed by atoms with Crippen molar-refractivity contribution in [3.05, 3.63) is 52.5 Å². The molecule has 0 saturated heterocycles. The van der Waals surface area contributed by atoms with E-state index in [9.17, 15) is 18.4 Å². The van der Waals surface area contributed by atoms with Crippen molar-refractivity contribution in [1.82, 2.24) is 4.98 Å². The van der Waals surface area contributed by atoms with Crippen molar-refractivity contribution in [2.75, 3.05) is 14.2 Å². The summed E-state index contributed by atoms with van der Waals surface area (Å²) in [6.07, 6.45) is -2.85. The third-order valence-electron chi connectivity index (χ3n) is 3.75. The van der Waals surface area contributed by atoms with Crippen molar-refractivity contribution in [3.63, 3.8) is 0 Å². The van der Waals surface area contributed by atoms with Crippen molar-refractivity contribution in [3.8, 4) is 17.6 Å². The Hall–Kier alpha value is -3.05. The number of allylic oxidation sites excluding steroid dienone is 1. The van der Waals surface area contributed by atoms with E-state index in [1.165, 1.54) is 20.3 Å². The van der Waals surface area contributed by atoms with E-state index in [0.29, 0.717) is 26.8 Å². The molecule has 4 nitrogen and oxygen atoms in total. The second-order valence-electron chi connectivity index (χ2n) is 5.52. The van der Waals surface area contributed by atoms with Crippen LogP contribution in [0.3, 0.4) is 0 Å². The Labute approximate surface area is 157 Å². The van der Waals surface area contributed by atoms with E-state index in [2.05, 4.69) is 11.1 Å². The predicted octanol–water partition coefficient (Wildman–Crippen LogP) is 5.40. The number of fused-ring (bicyclic) bond motifs is 1. The van der Waals surface area contributed by atoms with Gasteiger partial charge < -0.3 is 9.47 Å². The number of halogens is 3. The number of nitriles is 1. The van der Waals surface area contributed by atoms with E-state index in [1.54, 1.807) is 24.3 Å². The molecule has 0 amide bonds. The van der Waals surface area contributed by atoms with Crippen molar-refractivity contribution < 1.29 is 22.6 Å². The van der Waals surface area contributed by atoms with Gasteiger partial charge in [-0.1, -0.05) is 0 Å². The van der Waals surface area contributed by atoms with Crippen molar-refractivity contribution in [1.29, 1.82) is 5.26 Å². The molecule has 0 fully saturated rings. The third kappa shape index (κ3) is 4.04. The number of thiazole rings is 1. The minimum Gasteiger partial charge on any atom is -0.497 e. The molecule has 3 aromatic rings. The molecule has 0 aliphatic carbocycles. The second kappa shape index (κ2) is 7.29. The molecular weight excluding hydrogens is 377 g/mol. The van der Waals surface area contributed by atoms with Crippen LogP contribution >= 0.6 is 11.3 Å². The predicted molar refractivity (Wildman–Crippen MR) is 97.7 cm³/mol. The highest BCUT2D eigenvalue weighted by molar-refractivity contribution is 7.19. The van der Waals surface area contributed by atoms with Gasteiger partial charge in [0.25, 0.3) is 0 Å². The standard InChI is InChI=1S/C19H13F3N2O2S/c1-25-14-6-11(7-15(9-14)26-2)5-12(10-23)18-24-16-8-13(19(20,21)22)3-4-17(16)27-18/h3-9H,1-2H3/b12-5+. The quantitative estimate of drug-likeness (QED) is 0.560. The summed E-state index contributed by atoms with van der Waals surface area (Å²) in [4.78, 5) is 4.20. The topological polar surface area (TPSA) is 55.1 Å². The molecule has 0 N–H and O–H groups in total. The molecule has 0 aliphatic rings. The molecule has 0 unspecified atom stereocenters. The Bertz CT molecular complexity index is 1040. The largest absolute Gasteiger partial charge is 0.497 e. The molecule has 1 aromatic heterocycles. The number of hydrogen-bond donors (Lipinski definition) is 0. The summed E-state index contributed by atoms with van der Waals surface area (Å²) in [6.45, 7) is 0. The van der Waals surface area contributed by atoms with Crippen LogP contribution in [-0.4, -0.2) is 19.2 Å². The van der Waals surface area contributed by atoms with Crippen LogP contribution in [0.1, 0.15) is 16.1 Å². The molecule has 0 bridgehead atoms. The van der Waals surface area contributed by atoms with Gasteiger partial charge in [0.2, 0.25) is 0 Å². The number of ether oxygens (including phenoxy) is 2. The lowest BCUT2D eigenvalue weighted by molar-refractivity contribution is -0.137. The maximum Gasteiger partial charge on any atom is 0.416 e. The zero-order valence-corrected chi connectivity index (χ0v) is 15.1. The average molecular weight is 390 g/mol. The molecule has 0 spiro atoms. The molecule has 0 radical (unpaired) electrons. The molecule has 3 rings (SSSR count). The Morgan fingerprint density at radius 1 is 1.11 bits per heavy atom. The molecule has 138 valence electrons. The van der Waals surface area contributed by atoms with Gasteiger partial charge in [-0.3, -0.25) is 0 Å². The van der Waals surface area contributed by atoms with Gasteiger partial charge in [-0.05, 0) is 42.0 Å². The first-order valence-electron chi connectivity index (χ1n) is 7.67. The first-order valence-corrected chi connectivity index (χ1v) is 8.48. The number of nitrogens with zero attached hydrogens (tertiary/aromatic N) is 2. The fraction of sp³-hybridized carbons (Fsp3) is 0.158. The minimum absolute atomic E-state index is 0.203. The minimum atomic E-state index is -4.44. The first kappa shape index (κ1) is 18.7. The van der Waals surface area contributed by atoms with Gasteiger partial charge >= 0.3 is 6.18 Å². The fourth-order valence-electron chi connectivity index (χ4n) is 2.44. The lowest BCUT2D eigenvalue weighted by Gasteiger charge is -2.06. The van der Waals surface area contributed by atoms with Gasteiger partial charge in [0, 0.05) is 6.07 Å². The normalized spacial score (nSPS) is 12.1. The molecule has 0 saturated carbocycles. The smallest absolute Gasteiger partial charge is 0.416 e. The van der Waals surface area contributed by atoms with Crippen LogP contribution in [0.4, 0.5) is 13.2 Å². The van der Waals surface area contributed by atoms with E-state index in [-0.39, 0.29) is 11.1 Å².